The van der Waals surface area contributed by atoms with E-state index in [1.165, 1.54) is 31.0 Å². The van der Waals surface area contributed by atoms with Crippen LogP contribution in [0.5, 0.6) is 0 Å². The van der Waals surface area contributed by atoms with Gasteiger partial charge in [-0.2, -0.15) is 0 Å². The Bertz CT molecular complexity index is 232. The highest BCUT2D eigenvalue weighted by atomic mass is 79.9. The van der Waals surface area contributed by atoms with E-state index < -0.39 is 0 Å². The summed E-state index contributed by atoms with van der Waals surface area (Å²) in [7, 11) is 0. The first-order valence-electron chi connectivity index (χ1n) is 5.35. The highest BCUT2D eigenvalue weighted by Crippen LogP contribution is 2.28. The molecule has 2 aliphatic rings. The molecule has 80 valence electrons. The first-order valence-corrected chi connectivity index (χ1v) is 7.35. The van der Waals surface area contributed by atoms with Gasteiger partial charge in [0.2, 0.25) is 0 Å². The van der Waals surface area contributed by atoms with E-state index in [0.717, 1.165) is 11.9 Å². The summed E-state index contributed by atoms with van der Waals surface area (Å²) in [6.07, 6.45) is 4.05. The lowest BCUT2D eigenvalue weighted by Gasteiger charge is -2.34. The number of halogens is 1. The van der Waals surface area contributed by atoms with Crippen LogP contribution >= 0.6 is 27.7 Å². The SMILES string of the molecule is CC1CCCCN1C1=NCC(CBr)S1. The van der Waals surface area contributed by atoms with Gasteiger partial charge < -0.3 is 4.90 Å². The Balaban J connectivity index is 1.94. The average molecular weight is 277 g/mol. The van der Waals surface area contributed by atoms with Gasteiger partial charge >= 0.3 is 0 Å². The molecule has 2 unspecified atom stereocenters. The normalized spacial score (nSPS) is 33.3. The van der Waals surface area contributed by atoms with Crippen LogP contribution in [0.2, 0.25) is 0 Å². The number of thioether (sulfide) groups is 1. The van der Waals surface area contributed by atoms with Gasteiger partial charge in [-0.15, -0.1) is 0 Å². The largest absolute Gasteiger partial charge is 0.349 e. The van der Waals surface area contributed by atoms with E-state index in [0.29, 0.717) is 11.3 Å². The summed E-state index contributed by atoms with van der Waals surface area (Å²) in [6.45, 7) is 4.53. The Morgan fingerprint density at radius 1 is 1.57 bits per heavy atom. The molecule has 0 N–H and O–H groups in total. The maximum absolute atomic E-state index is 4.64. The molecule has 2 nitrogen and oxygen atoms in total. The molecule has 2 aliphatic heterocycles. The summed E-state index contributed by atoms with van der Waals surface area (Å²) in [5.41, 5.74) is 0. The molecule has 0 amide bonds. The molecule has 2 atom stereocenters. The van der Waals surface area contributed by atoms with Gasteiger partial charge in [0.1, 0.15) is 0 Å². The van der Waals surface area contributed by atoms with Crippen LogP contribution in [-0.2, 0) is 0 Å². The summed E-state index contributed by atoms with van der Waals surface area (Å²) < 4.78 is 0. The number of amidine groups is 1. The lowest BCUT2D eigenvalue weighted by Crippen LogP contribution is -2.40. The average Bonchev–Trinajstić information content (AvgIpc) is 2.67. The molecule has 0 aliphatic carbocycles. The van der Waals surface area contributed by atoms with Crippen LogP contribution in [0.15, 0.2) is 4.99 Å². The quantitative estimate of drug-likeness (QED) is 0.685. The molecule has 0 saturated carbocycles. The Morgan fingerprint density at radius 3 is 3.07 bits per heavy atom. The summed E-state index contributed by atoms with van der Waals surface area (Å²) in [5, 5.41) is 3.02. The van der Waals surface area contributed by atoms with Crippen molar-refractivity contribution >= 4 is 32.9 Å². The number of piperidine rings is 1. The van der Waals surface area contributed by atoms with E-state index in [1.54, 1.807) is 0 Å². The number of hydrogen-bond acceptors (Lipinski definition) is 3. The fraction of sp³-hybridized carbons (Fsp3) is 0.900. The standard InChI is InChI=1S/C10H17BrN2S/c1-8-4-2-3-5-13(8)10-12-7-9(6-11)14-10/h8-9H,2-7H2,1H3. The van der Waals surface area contributed by atoms with Crippen molar-refractivity contribution in [1.29, 1.82) is 0 Å². The van der Waals surface area contributed by atoms with Crippen LogP contribution in [0.4, 0.5) is 0 Å². The van der Waals surface area contributed by atoms with Crippen molar-refractivity contribution < 1.29 is 0 Å². The number of hydrogen-bond donors (Lipinski definition) is 0. The van der Waals surface area contributed by atoms with Crippen LogP contribution in [-0.4, -0.2) is 39.8 Å². The fourth-order valence-corrected chi connectivity index (χ4v) is 3.69. The van der Waals surface area contributed by atoms with Crippen molar-refractivity contribution in [3.63, 3.8) is 0 Å². The number of rotatable bonds is 1. The second-order valence-corrected chi connectivity index (χ2v) is 5.97. The molecule has 0 spiro atoms. The predicted octanol–water partition coefficient (Wildman–Crippen LogP) is 2.73. The van der Waals surface area contributed by atoms with Gasteiger partial charge in [-0.25, -0.2) is 0 Å². The first-order chi connectivity index (χ1) is 6.81. The second kappa shape index (κ2) is 4.88. The molecule has 0 aromatic carbocycles. The molecular formula is C10H17BrN2S. The molecule has 2 heterocycles. The zero-order chi connectivity index (χ0) is 9.97. The smallest absolute Gasteiger partial charge is 0.159 e. The van der Waals surface area contributed by atoms with E-state index in [1.807, 2.05) is 11.8 Å². The lowest BCUT2D eigenvalue weighted by atomic mass is 10.1. The molecule has 1 saturated heterocycles. The van der Waals surface area contributed by atoms with Crippen LogP contribution in [0.25, 0.3) is 0 Å². The molecule has 2 rings (SSSR count). The van der Waals surface area contributed by atoms with Crippen molar-refractivity contribution in [3.8, 4) is 0 Å². The summed E-state index contributed by atoms with van der Waals surface area (Å²) in [4.78, 5) is 7.13. The minimum absolute atomic E-state index is 0.666. The molecule has 4 heteroatoms. The van der Waals surface area contributed by atoms with E-state index in [-0.39, 0.29) is 0 Å². The maximum atomic E-state index is 4.64. The van der Waals surface area contributed by atoms with Crippen molar-refractivity contribution in [3.05, 3.63) is 0 Å². The highest BCUT2D eigenvalue weighted by molar-refractivity contribution is 9.09. The summed E-state index contributed by atoms with van der Waals surface area (Å²) >= 11 is 5.48. The second-order valence-electron chi connectivity index (χ2n) is 4.06. The van der Waals surface area contributed by atoms with Gasteiger partial charge in [-0.3, -0.25) is 4.99 Å². The van der Waals surface area contributed by atoms with Gasteiger partial charge in [0, 0.05) is 23.2 Å². The monoisotopic (exact) mass is 276 g/mol. The van der Waals surface area contributed by atoms with E-state index in [4.69, 9.17) is 0 Å². The lowest BCUT2D eigenvalue weighted by molar-refractivity contribution is 0.263. The molecule has 0 aromatic heterocycles. The third-order valence-corrected chi connectivity index (χ3v) is 5.36. The summed E-state index contributed by atoms with van der Waals surface area (Å²) in [6, 6.07) is 0.698. The zero-order valence-electron chi connectivity index (χ0n) is 8.58. The van der Waals surface area contributed by atoms with Crippen molar-refractivity contribution in [1.82, 2.24) is 4.90 Å². The topological polar surface area (TPSA) is 15.6 Å². The van der Waals surface area contributed by atoms with Crippen molar-refractivity contribution in [2.24, 2.45) is 4.99 Å². The van der Waals surface area contributed by atoms with Gasteiger partial charge in [0.05, 0.1) is 6.54 Å². The molecule has 0 aromatic rings. The van der Waals surface area contributed by atoms with Crippen LogP contribution in [0.3, 0.4) is 0 Å². The molecule has 1 fully saturated rings. The predicted molar refractivity (Wildman–Crippen MR) is 67.5 cm³/mol. The van der Waals surface area contributed by atoms with Crippen molar-refractivity contribution in [2.75, 3.05) is 18.4 Å². The van der Waals surface area contributed by atoms with Crippen LogP contribution in [0.1, 0.15) is 26.2 Å². The number of likely N-dealkylation sites (tertiary alicyclic amines) is 1. The number of aliphatic imine (C=N–C) groups is 1. The van der Waals surface area contributed by atoms with Gasteiger partial charge in [-0.05, 0) is 26.2 Å². The van der Waals surface area contributed by atoms with Gasteiger partial charge in [-0.1, -0.05) is 27.7 Å². The molecule has 0 radical (unpaired) electrons. The van der Waals surface area contributed by atoms with E-state index >= 15 is 0 Å². The fourth-order valence-electron chi connectivity index (χ4n) is 2.02. The van der Waals surface area contributed by atoms with Gasteiger partial charge in [0.25, 0.3) is 0 Å². The highest BCUT2D eigenvalue weighted by Gasteiger charge is 2.27. The van der Waals surface area contributed by atoms with E-state index in [2.05, 4.69) is 32.7 Å². The van der Waals surface area contributed by atoms with Crippen LogP contribution < -0.4 is 0 Å². The minimum Gasteiger partial charge on any atom is -0.349 e. The molecular weight excluding hydrogens is 260 g/mol. The number of alkyl halides is 1. The molecule has 14 heavy (non-hydrogen) atoms. The van der Waals surface area contributed by atoms with Crippen molar-refractivity contribution in [2.45, 2.75) is 37.5 Å². The Morgan fingerprint density at radius 2 is 2.43 bits per heavy atom. The minimum atomic E-state index is 0.666. The number of nitrogens with zero attached hydrogens (tertiary/aromatic N) is 2. The maximum Gasteiger partial charge on any atom is 0.159 e. The van der Waals surface area contributed by atoms with Crippen LogP contribution in [0, 0.1) is 0 Å². The van der Waals surface area contributed by atoms with E-state index in [9.17, 15) is 0 Å². The Kier molecular flexibility index (Phi) is 3.77. The zero-order valence-corrected chi connectivity index (χ0v) is 11.0. The molecule has 0 bridgehead atoms. The Labute approximate surface area is 98.7 Å². The first kappa shape index (κ1) is 10.8. The third-order valence-electron chi connectivity index (χ3n) is 2.92. The Hall–Kier alpha value is 0.300. The third kappa shape index (κ3) is 2.27. The summed E-state index contributed by atoms with van der Waals surface area (Å²) in [5.74, 6) is 0. The van der Waals surface area contributed by atoms with Gasteiger partial charge in [0.15, 0.2) is 5.17 Å².